The Kier molecular flexibility index (Phi) is 5.33. The highest BCUT2D eigenvalue weighted by Gasteiger charge is 2.15. The number of hydrogen-bond donors (Lipinski definition) is 2. The minimum absolute atomic E-state index is 0.0509. The average molecular weight is 339 g/mol. The number of nitrogen functional groups attached to an aromatic ring is 1. The second-order valence-corrected chi connectivity index (χ2v) is 5.33. The molecule has 0 aliphatic heterocycles. The predicted molar refractivity (Wildman–Crippen MR) is 90.0 cm³/mol. The van der Waals surface area contributed by atoms with E-state index < -0.39 is 0 Å². The van der Waals surface area contributed by atoms with Gasteiger partial charge in [0, 0.05) is 6.07 Å². The van der Waals surface area contributed by atoms with Gasteiger partial charge in [-0.25, -0.2) is 4.98 Å². The molecule has 124 valence electrons. The van der Waals surface area contributed by atoms with Crippen LogP contribution in [0.3, 0.4) is 0 Å². The van der Waals surface area contributed by atoms with E-state index in [4.69, 9.17) is 31.5 Å². The van der Waals surface area contributed by atoms with Gasteiger partial charge >= 0.3 is 0 Å². The number of halogens is 1. The lowest BCUT2D eigenvalue weighted by Gasteiger charge is -2.16. The zero-order valence-electron chi connectivity index (χ0n) is 13.4. The van der Waals surface area contributed by atoms with Crippen molar-refractivity contribution in [3.8, 4) is 17.4 Å². The molecule has 0 aliphatic rings. The van der Waals surface area contributed by atoms with Crippen molar-refractivity contribution in [2.45, 2.75) is 20.0 Å². The van der Waals surface area contributed by atoms with Crippen LogP contribution in [0.15, 0.2) is 18.5 Å². The van der Waals surface area contributed by atoms with Crippen molar-refractivity contribution in [1.29, 1.82) is 0 Å². The van der Waals surface area contributed by atoms with Gasteiger partial charge in [-0.2, -0.15) is 4.98 Å². The summed E-state index contributed by atoms with van der Waals surface area (Å²) in [5.41, 5.74) is 6.95. The predicted octanol–water partition coefficient (Wildman–Crippen LogP) is 3.26. The van der Waals surface area contributed by atoms with E-state index in [-0.39, 0.29) is 6.10 Å². The Hall–Kier alpha value is -2.41. The molecule has 1 aromatic heterocycles. The number of ether oxygens (including phenoxy) is 3. The molecule has 0 radical (unpaired) electrons. The highest BCUT2D eigenvalue weighted by Crippen LogP contribution is 2.38. The Balaban J connectivity index is 2.37. The van der Waals surface area contributed by atoms with Gasteiger partial charge in [0.25, 0.3) is 0 Å². The molecule has 0 bridgehead atoms. The quantitative estimate of drug-likeness (QED) is 0.835. The van der Waals surface area contributed by atoms with Gasteiger partial charge in [0.1, 0.15) is 23.5 Å². The molecule has 1 aromatic carbocycles. The number of anilines is 3. The van der Waals surface area contributed by atoms with Crippen LogP contribution in [0.25, 0.3) is 0 Å². The summed E-state index contributed by atoms with van der Waals surface area (Å²) in [5, 5.41) is 3.51. The van der Waals surface area contributed by atoms with Crippen LogP contribution in [0.5, 0.6) is 17.4 Å². The summed E-state index contributed by atoms with van der Waals surface area (Å²) in [6.45, 7) is 3.78. The van der Waals surface area contributed by atoms with Gasteiger partial charge < -0.3 is 25.3 Å². The highest BCUT2D eigenvalue weighted by molar-refractivity contribution is 6.32. The number of nitrogens with two attached hydrogens (primary N) is 1. The standard InChI is InChI=1S/C15H19ClN4O3/c1-8(2)23-15-13(17)14(18-7-19-15)20-10-5-9(16)11(21-3)6-12(10)22-4/h5-8H,17H2,1-4H3,(H,18,19,20). The van der Waals surface area contributed by atoms with Crippen molar-refractivity contribution in [2.75, 3.05) is 25.3 Å². The molecule has 1 heterocycles. The SMILES string of the molecule is COc1cc(OC)c(Nc2ncnc(OC(C)C)c2N)cc1Cl. The van der Waals surface area contributed by atoms with E-state index in [9.17, 15) is 0 Å². The summed E-state index contributed by atoms with van der Waals surface area (Å²) < 4.78 is 16.0. The van der Waals surface area contributed by atoms with Crippen molar-refractivity contribution in [2.24, 2.45) is 0 Å². The lowest BCUT2D eigenvalue weighted by Crippen LogP contribution is -2.11. The molecule has 23 heavy (non-hydrogen) atoms. The normalized spacial score (nSPS) is 10.5. The number of methoxy groups -OCH3 is 2. The smallest absolute Gasteiger partial charge is 0.242 e. The molecular weight excluding hydrogens is 320 g/mol. The largest absolute Gasteiger partial charge is 0.495 e. The number of hydrogen-bond acceptors (Lipinski definition) is 7. The molecule has 0 saturated heterocycles. The number of nitrogens with zero attached hydrogens (tertiary/aromatic N) is 2. The first-order valence-electron chi connectivity index (χ1n) is 6.92. The third-order valence-electron chi connectivity index (χ3n) is 2.92. The summed E-state index contributed by atoms with van der Waals surface area (Å²) in [5.74, 6) is 1.76. The molecule has 2 rings (SSSR count). The lowest BCUT2D eigenvalue weighted by atomic mass is 10.2. The van der Waals surface area contributed by atoms with E-state index >= 15 is 0 Å². The number of benzene rings is 1. The van der Waals surface area contributed by atoms with Crippen LogP contribution in [0.1, 0.15) is 13.8 Å². The Labute approximate surface area is 139 Å². The minimum Gasteiger partial charge on any atom is -0.495 e. The molecule has 0 amide bonds. The number of aromatic nitrogens is 2. The first-order valence-corrected chi connectivity index (χ1v) is 7.29. The highest BCUT2D eigenvalue weighted by atomic mass is 35.5. The van der Waals surface area contributed by atoms with Gasteiger partial charge in [0.05, 0.1) is 31.0 Å². The van der Waals surface area contributed by atoms with E-state index in [1.807, 2.05) is 13.8 Å². The maximum Gasteiger partial charge on any atom is 0.242 e. The molecule has 0 aliphatic carbocycles. The van der Waals surface area contributed by atoms with E-state index in [1.165, 1.54) is 13.4 Å². The maximum atomic E-state index is 6.16. The van der Waals surface area contributed by atoms with Gasteiger partial charge in [-0.1, -0.05) is 11.6 Å². The van der Waals surface area contributed by atoms with Gasteiger partial charge in [-0.15, -0.1) is 0 Å². The molecule has 8 heteroatoms. The third-order valence-corrected chi connectivity index (χ3v) is 3.22. The first kappa shape index (κ1) is 17.0. The monoisotopic (exact) mass is 338 g/mol. The Morgan fingerprint density at radius 1 is 1.13 bits per heavy atom. The van der Waals surface area contributed by atoms with E-state index in [1.54, 1.807) is 19.2 Å². The lowest BCUT2D eigenvalue weighted by molar-refractivity contribution is 0.234. The van der Waals surface area contributed by atoms with Crippen LogP contribution in [-0.4, -0.2) is 30.3 Å². The van der Waals surface area contributed by atoms with Crippen LogP contribution in [0.2, 0.25) is 5.02 Å². The van der Waals surface area contributed by atoms with Crippen LogP contribution < -0.4 is 25.3 Å². The Bertz CT molecular complexity index is 695. The fourth-order valence-corrected chi connectivity index (χ4v) is 2.12. The summed E-state index contributed by atoms with van der Waals surface area (Å²) >= 11 is 6.16. The van der Waals surface area contributed by atoms with Gasteiger partial charge in [0.15, 0.2) is 5.82 Å². The van der Waals surface area contributed by atoms with Gasteiger partial charge in [0.2, 0.25) is 5.88 Å². The van der Waals surface area contributed by atoms with Crippen LogP contribution in [0.4, 0.5) is 17.2 Å². The fourth-order valence-electron chi connectivity index (χ4n) is 1.88. The topological polar surface area (TPSA) is 91.5 Å². The molecular formula is C15H19ClN4O3. The van der Waals surface area contributed by atoms with Gasteiger partial charge in [-0.3, -0.25) is 0 Å². The molecule has 0 atom stereocenters. The second-order valence-electron chi connectivity index (χ2n) is 4.92. The fraction of sp³-hybridized carbons (Fsp3) is 0.333. The number of nitrogens with one attached hydrogen (secondary N) is 1. The molecule has 2 aromatic rings. The average Bonchev–Trinajstić information content (AvgIpc) is 2.51. The molecule has 0 fully saturated rings. The van der Waals surface area contributed by atoms with E-state index in [0.29, 0.717) is 39.6 Å². The summed E-state index contributed by atoms with van der Waals surface area (Å²) in [6.07, 6.45) is 1.32. The minimum atomic E-state index is -0.0509. The van der Waals surface area contributed by atoms with Crippen molar-refractivity contribution < 1.29 is 14.2 Å². The van der Waals surface area contributed by atoms with Crippen LogP contribution >= 0.6 is 11.6 Å². The van der Waals surface area contributed by atoms with Crippen molar-refractivity contribution >= 4 is 28.8 Å². The molecule has 0 unspecified atom stereocenters. The molecule has 0 spiro atoms. The third kappa shape index (κ3) is 3.87. The zero-order chi connectivity index (χ0) is 17.0. The zero-order valence-corrected chi connectivity index (χ0v) is 14.1. The molecule has 7 nitrogen and oxygen atoms in total. The molecule has 0 saturated carbocycles. The Morgan fingerprint density at radius 2 is 1.83 bits per heavy atom. The van der Waals surface area contributed by atoms with E-state index in [0.717, 1.165) is 0 Å². The van der Waals surface area contributed by atoms with Crippen molar-refractivity contribution in [3.63, 3.8) is 0 Å². The number of rotatable bonds is 6. The van der Waals surface area contributed by atoms with Crippen molar-refractivity contribution in [1.82, 2.24) is 9.97 Å². The maximum absolute atomic E-state index is 6.16. The first-order chi connectivity index (χ1) is 11.0. The van der Waals surface area contributed by atoms with Crippen LogP contribution in [-0.2, 0) is 0 Å². The molecule has 3 N–H and O–H groups in total. The second kappa shape index (κ2) is 7.23. The van der Waals surface area contributed by atoms with E-state index in [2.05, 4.69) is 15.3 Å². The summed E-state index contributed by atoms with van der Waals surface area (Å²) in [6, 6.07) is 3.34. The Morgan fingerprint density at radius 3 is 2.43 bits per heavy atom. The summed E-state index contributed by atoms with van der Waals surface area (Å²) in [4.78, 5) is 8.16. The van der Waals surface area contributed by atoms with Crippen molar-refractivity contribution in [3.05, 3.63) is 23.5 Å². The van der Waals surface area contributed by atoms with Gasteiger partial charge in [-0.05, 0) is 19.9 Å². The summed E-state index contributed by atoms with van der Waals surface area (Å²) in [7, 11) is 3.08. The van der Waals surface area contributed by atoms with Crippen LogP contribution in [0, 0.1) is 0 Å².